The molecule has 0 unspecified atom stereocenters. The quantitative estimate of drug-likeness (QED) is 0.120. The molecule has 0 bridgehead atoms. The molecule has 2 aliphatic rings. The number of nitrogens with one attached hydrogen (secondary N) is 4. The van der Waals surface area contributed by atoms with E-state index >= 15 is 0 Å². The van der Waals surface area contributed by atoms with Gasteiger partial charge in [-0.15, -0.1) is 0 Å². The first-order valence-corrected chi connectivity index (χ1v) is 23.1. The zero-order valence-electron chi connectivity index (χ0n) is 38.5. The Labute approximate surface area is 381 Å². The average molecular weight is 864 g/mol. The Bertz CT molecular complexity index is 3170. The van der Waals surface area contributed by atoms with E-state index in [1.54, 1.807) is 18.6 Å². The van der Waals surface area contributed by atoms with Crippen molar-refractivity contribution >= 4 is 68.6 Å². The number of fused-ring (bicyclic) bond motifs is 2. The van der Waals surface area contributed by atoms with E-state index in [4.69, 9.17) is 0 Å². The molecular formula is C54H61N11. The van der Waals surface area contributed by atoms with Crippen LogP contribution >= 0.6 is 0 Å². The number of hydrogen-bond acceptors (Lipinski definition) is 7. The van der Waals surface area contributed by atoms with Crippen LogP contribution in [0.15, 0.2) is 98.7 Å². The van der Waals surface area contributed by atoms with Gasteiger partial charge in [-0.2, -0.15) is 10.2 Å². The Balaban J connectivity index is 0.000000171. The summed E-state index contributed by atoms with van der Waals surface area (Å²) in [6.45, 7) is 23.1. The van der Waals surface area contributed by atoms with E-state index in [0.29, 0.717) is 0 Å². The van der Waals surface area contributed by atoms with Crippen LogP contribution in [0.1, 0.15) is 83.0 Å². The van der Waals surface area contributed by atoms with Crippen molar-refractivity contribution in [1.82, 2.24) is 45.3 Å². The van der Waals surface area contributed by atoms with Crippen molar-refractivity contribution < 1.29 is 0 Å². The number of allylic oxidation sites excluding steroid dienone is 2. The monoisotopic (exact) mass is 864 g/mol. The summed E-state index contributed by atoms with van der Waals surface area (Å²) in [5.41, 5.74) is 13.2. The lowest BCUT2D eigenvalue weighted by molar-refractivity contribution is 0.579. The largest absolute Gasteiger partial charge is 0.371 e. The van der Waals surface area contributed by atoms with Gasteiger partial charge in [-0.3, -0.25) is 25.1 Å². The van der Waals surface area contributed by atoms with Crippen molar-refractivity contribution in [1.29, 1.82) is 0 Å². The SMILES string of the molecule is C=C(/C=c1/c(-c2cc3c(N4CCCCC4)cccc3[nH]2)n[nH]/c1=C/C)c1cncc(C)c1.C=C(/C=c1/c(-c2cc3c(N4CCCCC4)cccc3[nH]2)n[nH]/c1=C/C)c1cnccn1.CC. The van der Waals surface area contributed by atoms with Crippen LogP contribution in [0.4, 0.5) is 11.4 Å². The van der Waals surface area contributed by atoms with Gasteiger partial charge >= 0.3 is 0 Å². The summed E-state index contributed by atoms with van der Waals surface area (Å²) in [5, 5.41) is 22.1. The van der Waals surface area contributed by atoms with Crippen LogP contribution in [0.2, 0.25) is 0 Å². The Kier molecular flexibility index (Phi) is 14.0. The van der Waals surface area contributed by atoms with E-state index < -0.39 is 0 Å². The number of anilines is 2. The summed E-state index contributed by atoms with van der Waals surface area (Å²) >= 11 is 0. The summed E-state index contributed by atoms with van der Waals surface area (Å²) in [6.07, 6.45) is 24.7. The summed E-state index contributed by atoms with van der Waals surface area (Å²) in [6, 6.07) is 19.6. The molecule has 0 saturated carbocycles. The van der Waals surface area contributed by atoms with Gasteiger partial charge in [0.25, 0.3) is 0 Å². The molecule has 0 atom stereocenters. The minimum atomic E-state index is 0.751. The third-order valence-electron chi connectivity index (χ3n) is 12.2. The van der Waals surface area contributed by atoms with Gasteiger partial charge in [-0.05, 0) is 136 Å². The molecule has 2 aliphatic heterocycles. The zero-order valence-corrected chi connectivity index (χ0v) is 38.5. The van der Waals surface area contributed by atoms with E-state index in [-0.39, 0.29) is 0 Å². The topological polar surface area (TPSA) is 134 Å². The lowest BCUT2D eigenvalue weighted by Crippen LogP contribution is -2.29. The first-order valence-electron chi connectivity index (χ1n) is 23.1. The van der Waals surface area contributed by atoms with E-state index in [1.165, 1.54) is 60.7 Å². The van der Waals surface area contributed by atoms with E-state index in [9.17, 15) is 0 Å². The third kappa shape index (κ3) is 9.65. The summed E-state index contributed by atoms with van der Waals surface area (Å²) in [4.78, 5) is 25.0. The second-order valence-electron chi connectivity index (χ2n) is 16.5. The predicted molar refractivity (Wildman–Crippen MR) is 272 cm³/mol. The molecule has 6 aromatic heterocycles. The lowest BCUT2D eigenvalue weighted by Gasteiger charge is -2.29. The van der Waals surface area contributed by atoms with Crippen LogP contribution in [0.25, 0.3) is 80.0 Å². The average Bonchev–Trinajstić information content (AvgIpc) is 4.18. The van der Waals surface area contributed by atoms with E-state index in [1.807, 2.05) is 65.2 Å². The van der Waals surface area contributed by atoms with Crippen molar-refractivity contribution in [3.8, 4) is 22.8 Å². The number of rotatable bonds is 8. The second-order valence-corrected chi connectivity index (χ2v) is 16.5. The Morgan fingerprint density at radius 1 is 0.615 bits per heavy atom. The third-order valence-corrected chi connectivity index (χ3v) is 12.2. The molecule has 0 spiro atoms. The van der Waals surface area contributed by atoms with E-state index in [2.05, 4.69) is 129 Å². The molecule has 332 valence electrons. The molecule has 2 saturated heterocycles. The first kappa shape index (κ1) is 44.3. The molecule has 2 fully saturated rings. The highest BCUT2D eigenvalue weighted by molar-refractivity contribution is 5.98. The van der Waals surface area contributed by atoms with Gasteiger partial charge in [0.2, 0.25) is 0 Å². The zero-order chi connectivity index (χ0) is 45.3. The molecular weight excluding hydrogens is 803 g/mol. The van der Waals surface area contributed by atoms with Crippen molar-refractivity contribution in [3.63, 3.8) is 0 Å². The number of aryl methyl sites for hydroxylation is 1. The number of aromatic nitrogens is 9. The standard InChI is InChI=1S/C27H29N5.C25H26N6.C2H6/c1-4-23-22(14-19(3)20-13-18(2)16-28-17-20)27(31-30-23)25-15-21-24(29-25)9-8-10-26(21)32-11-6-5-7-12-32;1-3-20-19(14-17(2)23-16-26-10-11-27-23)25(30-29-20)22-15-18-21(28-22)8-7-9-24(18)31-12-5-4-6-13-31;1-2/h4,8-10,13-17,29-30H,3,5-7,11-12H2,1-2H3;3,7-11,14-16,28-29H,2,4-6,12-13H2,1H3;1-2H3/b22-14+,23-4+;19-14+,20-3+;. The van der Waals surface area contributed by atoms with Crippen molar-refractivity contribution in [2.75, 3.05) is 36.0 Å². The normalized spacial score (nSPS) is 15.3. The molecule has 65 heavy (non-hydrogen) atoms. The smallest absolute Gasteiger partial charge is 0.116 e. The lowest BCUT2D eigenvalue weighted by atomic mass is 10.1. The Hall–Kier alpha value is -7.27. The van der Waals surface area contributed by atoms with Crippen LogP contribution in [-0.2, 0) is 0 Å². The van der Waals surface area contributed by atoms with Gasteiger partial charge in [-0.25, -0.2) is 0 Å². The number of pyridine rings is 1. The highest BCUT2D eigenvalue weighted by Crippen LogP contribution is 2.33. The van der Waals surface area contributed by atoms with E-state index in [0.717, 1.165) is 109 Å². The first-order chi connectivity index (χ1) is 31.9. The number of nitrogens with zero attached hydrogens (tertiary/aromatic N) is 7. The van der Waals surface area contributed by atoms with Gasteiger partial charge in [-0.1, -0.05) is 51.3 Å². The van der Waals surface area contributed by atoms with Crippen molar-refractivity contribution in [2.45, 2.75) is 73.1 Å². The number of benzene rings is 2. The molecule has 10 rings (SSSR count). The maximum Gasteiger partial charge on any atom is 0.116 e. The molecule has 11 heteroatoms. The number of aromatic amines is 4. The fraction of sp³-hybridized carbons (Fsp3) is 0.278. The molecule has 8 heterocycles. The van der Waals surface area contributed by atoms with Gasteiger partial charge < -0.3 is 19.8 Å². The van der Waals surface area contributed by atoms with Crippen LogP contribution in [0.5, 0.6) is 0 Å². The molecule has 0 aliphatic carbocycles. The fourth-order valence-corrected chi connectivity index (χ4v) is 8.93. The van der Waals surface area contributed by atoms with Crippen molar-refractivity contribution in [2.24, 2.45) is 0 Å². The number of H-pyrrole nitrogens is 4. The fourth-order valence-electron chi connectivity index (χ4n) is 8.93. The molecule has 11 nitrogen and oxygen atoms in total. The predicted octanol–water partition coefficient (Wildman–Crippen LogP) is 9.20. The summed E-state index contributed by atoms with van der Waals surface area (Å²) in [5.74, 6) is 0. The van der Waals surface area contributed by atoms with Gasteiger partial charge in [0.1, 0.15) is 11.4 Å². The van der Waals surface area contributed by atoms with Gasteiger partial charge in [0.15, 0.2) is 0 Å². The highest BCUT2D eigenvalue weighted by Gasteiger charge is 2.19. The second kappa shape index (κ2) is 20.5. The molecule has 0 amide bonds. The molecule has 8 aromatic rings. The minimum Gasteiger partial charge on any atom is -0.371 e. The minimum absolute atomic E-state index is 0.751. The summed E-state index contributed by atoms with van der Waals surface area (Å²) in [7, 11) is 0. The summed E-state index contributed by atoms with van der Waals surface area (Å²) < 4.78 is 0. The maximum atomic E-state index is 4.67. The molecule has 4 N–H and O–H groups in total. The molecule has 0 radical (unpaired) electrons. The van der Waals surface area contributed by atoms with Crippen LogP contribution in [-0.4, -0.2) is 71.5 Å². The Morgan fingerprint density at radius 3 is 1.62 bits per heavy atom. The Morgan fingerprint density at radius 2 is 1.14 bits per heavy atom. The maximum absolute atomic E-state index is 4.67. The van der Waals surface area contributed by atoms with Gasteiger partial charge in [0, 0.05) is 94.6 Å². The molecule has 2 aromatic carbocycles. The van der Waals surface area contributed by atoms with Crippen molar-refractivity contribution in [3.05, 3.63) is 137 Å². The van der Waals surface area contributed by atoms with Crippen LogP contribution in [0, 0.1) is 6.92 Å². The number of piperidine rings is 2. The van der Waals surface area contributed by atoms with Gasteiger partial charge in [0.05, 0.1) is 34.0 Å². The highest BCUT2D eigenvalue weighted by atomic mass is 15.1. The van der Waals surface area contributed by atoms with Crippen LogP contribution < -0.4 is 30.9 Å². The van der Waals surface area contributed by atoms with Crippen LogP contribution in [0.3, 0.4) is 0 Å². The number of hydrogen-bond donors (Lipinski definition) is 4.